The van der Waals surface area contributed by atoms with Crippen LogP contribution < -0.4 is 10.1 Å². The molecule has 2 aromatic carbocycles. The third-order valence-electron chi connectivity index (χ3n) is 3.93. The molecule has 0 atom stereocenters. The molecular weight excluding hydrogens is 314 g/mol. The van der Waals surface area contributed by atoms with E-state index in [1.807, 2.05) is 24.3 Å². The number of halogens is 1. The SMILES string of the molecule is O=C(Nc1ccc(OC2CCCC2)cc1)c1ccc(O)c(Cl)c1. The van der Waals surface area contributed by atoms with Gasteiger partial charge in [0.25, 0.3) is 5.91 Å². The fourth-order valence-corrected chi connectivity index (χ4v) is 2.85. The van der Waals surface area contributed by atoms with Gasteiger partial charge in [-0.1, -0.05) is 11.6 Å². The number of hydrogen-bond donors (Lipinski definition) is 2. The van der Waals surface area contributed by atoms with Gasteiger partial charge in [0.2, 0.25) is 0 Å². The number of hydrogen-bond acceptors (Lipinski definition) is 3. The van der Waals surface area contributed by atoms with Crippen molar-refractivity contribution in [2.24, 2.45) is 0 Å². The molecule has 4 nitrogen and oxygen atoms in total. The molecule has 0 bridgehead atoms. The third-order valence-corrected chi connectivity index (χ3v) is 4.23. The van der Waals surface area contributed by atoms with Gasteiger partial charge in [0, 0.05) is 11.3 Å². The summed E-state index contributed by atoms with van der Waals surface area (Å²) in [5, 5.41) is 12.3. The third kappa shape index (κ3) is 3.96. The predicted octanol–water partition coefficient (Wildman–Crippen LogP) is 4.62. The number of rotatable bonds is 4. The zero-order valence-corrected chi connectivity index (χ0v) is 13.3. The number of anilines is 1. The Morgan fingerprint density at radius 1 is 1.13 bits per heavy atom. The molecule has 0 radical (unpaired) electrons. The van der Waals surface area contributed by atoms with E-state index in [0.717, 1.165) is 18.6 Å². The monoisotopic (exact) mass is 331 g/mol. The number of phenolic OH excluding ortho intramolecular Hbond substituents is 1. The number of phenols is 1. The molecule has 1 aliphatic rings. The summed E-state index contributed by atoms with van der Waals surface area (Å²) in [5.74, 6) is 0.496. The molecule has 1 aliphatic carbocycles. The second-order valence-corrected chi connectivity index (χ2v) is 6.08. The molecule has 2 N–H and O–H groups in total. The molecule has 0 aliphatic heterocycles. The van der Waals surface area contributed by atoms with Crippen LogP contribution in [0.4, 0.5) is 5.69 Å². The van der Waals surface area contributed by atoms with Gasteiger partial charge < -0.3 is 15.2 Å². The van der Waals surface area contributed by atoms with Crippen LogP contribution >= 0.6 is 11.6 Å². The number of amides is 1. The van der Waals surface area contributed by atoms with Gasteiger partial charge in [-0.25, -0.2) is 0 Å². The quantitative estimate of drug-likeness (QED) is 0.859. The Balaban J connectivity index is 1.62. The van der Waals surface area contributed by atoms with Gasteiger partial charge in [0.15, 0.2) is 0 Å². The average Bonchev–Trinajstić information content (AvgIpc) is 3.05. The van der Waals surface area contributed by atoms with Gasteiger partial charge in [0.1, 0.15) is 11.5 Å². The van der Waals surface area contributed by atoms with E-state index in [0.29, 0.717) is 17.4 Å². The number of carbonyl (C=O) groups is 1. The molecule has 0 spiro atoms. The Hall–Kier alpha value is -2.20. The van der Waals surface area contributed by atoms with Crippen molar-refractivity contribution in [1.82, 2.24) is 0 Å². The minimum Gasteiger partial charge on any atom is -0.506 e. The molecule has 1 amide bonds. The maximum atomic E-state index is 12.2. The van der Waals surface area contributed by atoms with Crippen LogP contribution in [0.25, 0.3) is 0 Å². The molecule has 5 heteroatoms. The van der Waals surface area contributed by atoms with E-state index in [2.05, 4.69) is 5.32 Å². The van der Waals surface area contributed by atoms with Crippen LogP contribution in [0.15, 0.2) is 42.5 Å². The van der Waals surface area contributed by atoms with Gasteiger partial charge in [-0.15, -0.1) is 0 Å². The van der Waals surface area contributed by atoms with E-state index in [-0.39, 0.29) is 16.7 Å². The highest BCUT2D eigenvalue weighted by atomic mass is 35.5. The maximum absolute atomic E-state index is 12.2. The zero-order valence-electron chi connectivity index (χ0n) is 12.6. The highest BCUT2D eigenvalue weighted by Crippen LogP contribution is 2.26. The summed E-state index contributed by atoms with van der Waals surface area (Å²) in [5.41, 5.74) is 1.07. The van der Waals surface area contributed by atoms with Gasteiger partial charge in [-0.2, -0.15) is 0 Å². The standard InChI is InChI=1S/C18H18ClNO3/c19-16-11-12(5-10-17(16)21)18(22)20-13-6-8-15(9-7-13)23-14-3-1-2-4-14/h5-11,14,21H,1-4H2,(H,20,22). The Labute approximate surface area is 140 Å². The van der Waals surface area contributed by atoms with Crippen molar-refractivity contribution >= 4 is 23.2 Å². The lowest BCUT2D eigenvalue weighted by Gasteiger charge is -2.13. The Morgan fingerprint density at radius 2 is 1.83 bits per heavy atom. The summed E-state index contributed by atoms with van der Waals surface area (Å²) in [6, 6.07) is 11.7. The number of aromatic hydroxyl groups is 1. The maximum Gasteiger partial charge on any atom is 0.255 e. The van der Waals surface area contributed by atoms with Crippen molar-refractivity contribution in [2.75, 3.05) is 5.32 Å². The Bertz CT molecular complexity index is 694. The summed E-state index contributed by atoms with van der Waals surface area (Å²) in [6.07, 6.45) is 5.00. The lowest BCUT2D eigenvalue weighted by Crippen LogP contribution is -2.12. The summed E-state index contributed by atoms with van der Waals surface area (Å²) >= 11 is 5.82. The van der Waals surface area contributed by atoms with Gasteiger partial charge in [0.05, 0.1) is 11.1 Å². The number of ether oxygens (including phenoxy) is 1. The van der Waals surface area contributed by atoms with Gasteiger partial charge in [-0.05, 0) is 68.1 Å². The fraction of sp³-hybridized carbons (Fsp3) is 0.278. The molecule has 2 aromatic rings. The molecular formula is C18H18ClNO3. The van der Waals surface area contributed by atoms with Gasteiger partial charge in [-0.3, -0.25) is 4.79 Å². The first-order valence-corrected chi connectivity index (χ1v) is 8.06. The van der Waals surface area contributed by atoms with E-state index in [4.69, 9.17) is 16.3 Å². The van der Waals surface area contributed by atoms with Crippen LogP contribution in [0, 0.1) is 0 Å². The number of nitrogens with one attached hydrogen (secondary N) is 1. The van der Waals surface area contributed by atoms with Crippen LogP contribution in [0.1, 0.15) is 36.0 Å². The largest absolute Gasteiger partial charge is 0.506 e. The summed E-state index contributed by atoms with van der Waals surface area (Å²) < 4.78 is 5.89. The summed E-state index contributed by atoms with van der Waals surface area (Å²) in [7, 11) is 0. The molecule has 1 saturated carbocycles. The second kappa shape index (κ2) is 6.92. The van der Waals surface area contributed by atoms with Crippen molar-refractivity contribution in [3.63, 3.8) is 0 Å². The molecule has 120 valence electrons. The molecule has 1 fully saturated rings. The van der Waals surface area contributed by atoms with Crippen molar-refractivity contribution in [1.29, 1.82) is 0 Å². The van der Waals surface area contributed by atoms with Crippen molar-refractivity contribution in [2.45, 2.75) is 31.8 Å². The fourth-order valence-electron chi connectivity index (χ4n) is 2.67. The van der Waals surface area contributed by atoms with Crippen molar-refractivity contribution in [3.8, 4) is 11.5 Å². The highest BCUT2D eigenvalue weighted by Gasteiger charge is 2.16. The van der Waals surface area contributed by atoms with Crippen LogP contribution in [0.2, 0.25) is 5.02 Å². The minimum absolute atomic E-state index is 0.0448. The Morgan fingerprint density at radius 3 is 2.48 bits per heavy atom. The van der Waals surface area contributed by atoms with Crippen LogP contribution in [-0.4, -0.2) is 17.1 Å². The molecule has 0 unspecified atom stereocenters. The smallest absolute Gasteiger partial charge is 0.255 e. The second-order valence-electron chi connectivity index (χ2n) is 5.67. The average molecular weight is 332 g/mol. The first-order valence-electron chi connectivity index (χ1n) is 7.68. The van der Waals surface area contributed by atoms with Crippen molar-refractivity contribution < 1.29 is 14.6 Å². The van der Waals surface area contributed by atoms with E-state index in [9.17, 15) is 9.90 Å². The molecule has 0 saturated heterocycles. The zero-order chi connectivity index (χ0) is 16.2. The molecule has 0 aromatic heterocycles. The number of benzene rings is 2. The minimum atomic E-state index is -0.281. The number of carbonyl (C=O) groups excluding carboxylic acids is 1. The summed E-state index contributed by atoms with van der Waals surface area (Å²) in [4.78, 5) is 12.2. The normalized spacial score (nSPS) is 14.7. The van der Waals surface area contributed by atoms with Gasteiger partial charge >= 0.3 is 0 Å². The topological polar surface area (TPSA) is 58.6 Å². The van der Waals surface area contributed by atoms with Crippen LogP contribution in [0.5, 0.6) is 11.5 Å². The van der Waals surface area contributed by atoms with E-state index in [1.165, 1.54) is 31.0 Å². The Kier molecular flexibility index (Phi) is 4.72. The lowest BCUT2D eigenvalue weighted by atomic mass is 10.2. The van der Waals surface area contributed by atoms with E-state index >= 15 is 0 Å². The van der Waals surface area contributed by atoms with E-state index in [1.54, 1.807) is 0 Å². The van der Waals surface area contributed by atoms with Crippen LogP contribution in [-0.2, 0) is 0 Å². The first kappa shape index (κ1) is 15.7. The van der Waals surface area contributed by atoms with Crippen LogP contribution in [0.3, 0.4) is 0 Å². The molecule has 23 heavy (non-hydrogen) atoms. The molecule has 0 heterocycles. The lowest BCUT2D eigenvalue weighted by molar-refractivity contribution is 0.102. The summed E-state index contributed by atoms with van der Waals surface area (Å²) in [6.45, 7) is 0. The predicted molar refractivity (Wildman–Crippen MR) is 90.4 cm³/mol. The highest BCUT2D eigenvalue weighted by molar-refractivity contribution is 6.32. The molecule has 3 rings (SSSR count). The van der Waals surface area contributed by atoms with Crippen molar-refractivity contribution in [3.05, 3.63) is 53.1 Å². The first-order chi connectivity index (χ1) is 11.1. The van der Waals surface area contributed by atoms with E-state index < -0.39 is 0 Å².